The molecule has 3 N–H and O–H groups in total. The minimum atomic E-state index is -0.463. The Morgan fingerprint density at radius 1 is 1.79 bits per heavy atom. The molecule has 0 aromatic carbocycles. The van der Waals surface area contributed by atoms with Crippen molar-refractivity contribution < 1.29 is 9.84 Å². The van der Waals surface area contributed by atoms with Crippen molar-refractivity contribution in [2.24, 2.45) is 0 Å². The molecule has 78 valence electrons. The molecule has 0 unspecified atom stereocenters. The monoisotopic (exact) mass is 199 g/mol. The summed E-state index contributed by atoms with van der Waals surface area (Å²) in [6.07, 6.45) is 1.05. The number of hydrogen-bond acceptors (Lipinski definition) is 5. The molecule has 0 amide bonds. The van der Waals surface area contributed by atoms with Crippen LogP contribution in [0.2, 0.25) is 0 Å². The molecule has 14 heavy (non-hydrogen) atoms. The molecule has 0 aliphatic heterocycles. The lowest BCUT2D eigenvalue weighted by Crippen LogP contribution is -2.27. The molecule has 0 aliphatic carbocycles. The molecule has 0 saturated carbocycles. The van der Waals surface area contributed by atoms with Crippen LogP contribution in [0.5, 0.6) is 0 Å². The standard InChI is InChI=1S/C8H13N3O3/c1-6(14-5-4-12)11-3-2-7(9)10-8(11)13/h2-3,6,12H,4-5H2,1H3,(H2,9,10,13)/t6-/m1/s1. The SMILES string of the molecule is C[C@@H](OCCO)n1ccc(N)nc1=O. The van der Waals surface area contributed by atoms with Gasteiger partial charge >= 0.3 is 5.69 Å². The van der Waals surface area contributed by atoms with Gasteiger partial charge in [-0.2, -0.15) is 4.98 Å². The van der Waals surface area contributed by atoms with Gasteiger partial charge in [-0.05, 0) is 13.0 Å². The van der Waals surface area contributed by atoms with Crippen LogP contribution in [0.4, 0.5) is 5.82 Å². The summed E-state index contributed by atoms with van der Waals surface area (Å²) in [6, 6.07) is 1.51. The first kappa shape index (κ1) is 10.7. The van der Waals surface area contributed by atoms with E-state index in [-0.39, 0.29) is 19.0 Å². The predicted molar refractivity (Wildman–Crippen MR) is 50.7 cm³/mol. The van der Waals surface area contributed by atoms with Crippen LogP contribution in [0, 0.1) is 0 Å². The Morgan fingerprint density at radius 2 is 2.50 bits per heavy atom. The van der Waals surface area contributed by atoms with Crippen molar-refractivity contribution in [1.82, 2.24) is 9.55 Å². The van der Waals surface area contributed by atoms with Crippen molar-refractivity contribution in [2.75, 3.05) is 18.9 Å². The third kappa shape index (κ3) is 2.54. The van der Waals surface area contributed by atoms with E-state index >= 15 is 0 Å². The maximum Gasteiger partial charge on any atom is 0.351 e. The summed E-state index contributed by atoms with van der Waals surface area (Å²) in [5.41, 5.74) is 4.86. The molecule has 0 spiro atoms. The first-order valence-corrected chi connectivity index (χ1v) is 4.22. The zero-order valence-electron chi connectivity index (χ0n) is 7.88. The number of nitrogens with two attached hydrogens (primary N) is 1. The maximum atomic E-state index is 11.3. The summed E-state index contributed by atoms with van der Waals surface area (Å²) in [6.45, 7) is 1.79. The van der Waals surface area contributed by atoms with E-state index < -0.39 is 11.9 Å². The van der Waals surface area contributed by atoms with Crippen molar-refractivity contribution in [3.8, 4) is 0 Å². The zero-order chi connectivity index (χ0) is 10.6. The van der Waals surface area contributed by atoms with Crippen molar-refractivity contribution in [3.63, 3.8) is 0 Å². The Hall–Kier alpha value is -1.40. The average Bonchev–Trinajstić information content (AvgIpc) is 2.14. The third-order valence-corrected chi connectivity index (χ3v) is 1.69. The van der Waals surface area contributed by atoms with Crippen LogP contribution in [0.3, 0.4) is 0 Å². The number of aliphatic hydroxyl groups is 1. The summed E-state index contributed by atoms with van der Waals surface area (Å²) in [4.78, 5) is 14.8. The molecule has 1 atom stereocenters. The second-order valence-corrected chi connectivity index (χ2v) is 2.74. The molecule has 1 heterocycles. The van der Waals surface area contributed by atoms with E-state index in [9.17, 15) is 4.79 Å². The largest absolute Gasteiger partial charge is 0.394 e. The molecule has 6 heteroatoms. The van der Waals surface area contributed by atoms with Crippen LogP contribution in [0.25, 0.3) is 0 Å². The molecule has 6 nitrogen and oxygen atoms in total. The van der Waals surface area contributed by atoms with E-state index in [2.05, 4.69) is 4.98 Å². The first-order chi connectivity index (χ1) is 6.65. The van der Waals surface area contributed by atoms with E-state index in [0.717, 1.165) is 0 Å². The van der Waals surface area contributed by atoms with Crippen LogP contribution in [0.15, 0.2) is 17.1 Å². The number of nitrogen functional groups attached to an aromatic ring is 1. The van der Waals surface area contributed by atoms with E-state index in [0.29, 0.717) is 0 Å². The average molecular weight is 199 g/mol. The van der Waals surface area contributed by atoms with Gasteiger partial charge in [0.05, 0.1) is 13.2 Å². The first-order valence-electron chi connectivity index (χ1n) is 4.22. The molecule has 0 aliphatic rings. The fraction of sp³-hybridized carbons (Fsp3) is 0.500. The Morgan fingerprint density at radius 3 is 3.07 bits per heavy atom. The van der Waals surface area contributed by atoms with Gasteiger partial charge in [-0.25, -0.2) is 4.79 Å². The Kier molecular flexibility index (Phi) is 3.61. The van der Waals surface area contributed by atoms with Crippen molar-refractivity contribution in [1.29, 1.82) is 0 Å². The summed E-state index contributed by atoms with van der Waals surface area (Å²) in [7, 11) is 0. The van der Waals surface area contributed by atoms with Gasteiger partial charge in [-0.15, -0.1) is 0 Å². The minimum Gasteiger partial charge on any atom is -0.394 e. The van der Waals surface area contributed by atoms with Gasteiger partial charge in [0.15, 0.2) is 0 Å². The van der Waals surface area contributed by atoms with Gasteiger partial charge in [-0.3, -0.25) is 4.57 Å². The van der Waals surface area contributed by atoms with Gasteiger partial charge in [0.25, 0.3) is 0 Å². The lowest BCUT2D eigenvalue weighted by Gasteiger charge is -2.14. The smallest absolute Gasteiger partial charge is 0.351 e. The highest BCUT2D eigenvalue weighted by Crippen LogP contribution is 2.03. The summed E-state index contributed by atoms with van der Waals surface area (Å²) in [5.74, 6) is 0.181. The number of ether oxygens (including phenoxy) is 1. The van der Waals surface area contributed by atoms with E-state index in [1.54, 1.807) is 6.92 Å². The molecule has 0 radical (unpaired) electrons. The molecular formula is C8H13N3O3. The second kappa shape index (κ2) is 4.73. The Balaban J connectivity index is 2.80. The molecule has 1 aromatic rings. The number of rotatable bonds is 4. The third-order valence-electron chi connectivity index (χ3n) is 1.69. The van der Waals surface area contributed by atoms with Gasteiger partial charge in [0.1, 0.15) is 12.0 Å². The zero-order valence-corrected chi connectivity index (χ0v) is 7.88. The summed E-state index contributed by atoms with van der Waals surface area (Å²) >= 11 is 0. The highest BCUT2D eigenvalue weighted by atomic mass is 16.5. The fourth-order valence-corrected chi connectivity index (χ4v) is 1.01. The van der Waals surface area contributed by atoms with Gasteiger partial charge < -0.3 is 15.6 Å². The molecule has 0 fully saturated rings. The normalized spacial score (nSPS) is 12.7. The van der Waals surface area contributed by atoms with Crippen LogP contribution in [-0.4, -0.2) is 27.9 Å². The van der Waals surface area contributed by atoms with Gasteiger partial charge in [0.2, 0.25) is 0 Å². The number of hydrogen-bond donors (Lipinski definition) is 2. The molecular weight excluding hydrogens is 186 g/mol. The predicted octanol–water partition coefficient (Wildman–Crippen LogP) is -0.647. The van der Waals surface area contributed by atoms with Crippen LogP contribution >= 0.6 is 0 Å². The van der Waals surface area contributed by atoms with Crippen molar-refractivity contribution >= 4 is 5.82 Å². The Labute approximate surface area is 80.9 Å². The minimum absolute atomic E-state index is 0.0819. The van der Waals surface area contributed by atoms with Crippen LogP contribution < -0.4 is 11.4 Å². The molecule has 0 saturated heterocycles. The van der Waals surface area contributed by atoms with E-state index in [1.807, 2.05) is 0 Å². The summed E-state index contributed by atoms with van der Waals surface area (Å²) in [5, 5.41) is 8.53. The van der Waals surface area contributed by atoms with Crippen molar-refractivity contribution in [2.45, 2.75) is 13.2 Å². The van der Waals surface area contributed by atoms with E-state index in [1.165, 1.54) is 16.8 Å². The van der Waals surface area contributed by atoms with Gasteiger partial charge in [0, 0.05) is 6.20 Å². The Bertz CT molecular complexity index is 350. The fourth-order valence-electron chi connectivity index (χ4n) is 1.01. The second-order valence-electron chi connectivity index (χ2n) is 2.74. The molecule has 0 bridgehead atoms. The number of nitrogens with zero attached hydrogens (tertiary/aromatic N) is 2. The van der Waals surface area contributed by atoms with Crippen LogP contribution in [-0.2, 0) is 4.74 Å². The van der Waals surface area contributed by atoms with Crippen LogP contribution in [0.1, 0.15) is 13.2 Å². The van der Waals surface area contributed by atoms with Gasteiger partial charge in [-0.1, -0.05) is 0 Å². The highest BCUT2D eigenvalue weighted by Gasteiger charge is 2.06. The number of aliphatic hydroxyl groups excluding tert-OH is 1. The van der Waals surface area contributed by atoms with Crippen molar-refractivity contribution in [3.05, 3.63) is 22.7 Å². The lowest BCUT2D eigenvalue weighted by atomic mass is 10.5. The highest BCUT2D eigenvalue weighted by molar-refractivity contribution is 5.23. The summed E-state index contributed by atoms with van der Waals surface area (Å²) < 4.78 is 6.43. The molecule has 1 rings (SSSR count). The lowest BCUT2D eigenvalue weighted by molar-refractivity contribution is -0.00558. The maximum absolute atomic E-state index is 11.3. The number of anilines is 1. The number of aromatic nitrogens is 2. The quantitative estimate of drug-likeness (QED) is 0.672. The molecule has 1 aromatic heterocycles. The van der Waals surface area contributed by atoms with E-state index in [4.69, 9.17) is 15.6 Å². The topological polar surface area (TPSA) is 90.4 Å².